The number of rotatable bonds is 4. The van der Waals surface area contributed by atoms with Gasteiger partial charge in [-0.2, -0.15) is 13.2 Å². The summed E-state index contributed by atoms with van der Waals surface area (Å²) in [6.07, 6.45) is -1.04. The zero-order chi connectivity index (χ0) is 11.4. The maximum absolute atomic E-state index is 12.2. The SMILES string of the molecule is C=CC[Si]1(CCC(F)(F)F)CCCCO1. The highest BCUT2D eigenvalue weighted by Gasteiger charge is 2.39. The summed E-state index contributed by atoms with van der Waals surface area (Å²) in [4.78, 5) is 0. The molecule has 0 aromatic carbocycles. The maximum Gasteiger partial charge on any atom is 0.388 e. The molecule has 1 unspecified atom stereocenters. The Bertz CT molecular complexity index is 209. The van der Waals surface area contributed by atoms with E-state index >= 15 is 0 Å². The molecule has 0 N–H and O–H groups in total. The van der Waals surface area contributed by atoms with Gasteiger partial charge in [0.1, 0.15) is 0 Å². The zero-order valence-electron chi connectivity index (χ0n) is 8.78. The molecular weight excluding hydrogens is 221 g/mol. The van der Waals surface area contributed by atoms with Crippen molar-refractivity contribution in [3.63, 3.8) is 0 Å². The molecule has 0 aromatic heterocycles. The molecule has 1 aliphatic rings. The number of hydrogen-bond donors (Lipinski definition) is 0. The van der Waals surface area contributed by atoms with E-state index in [0.29, 0.717) is 12.7 Å². The molecule has 1 aliphatic heterocycles. The number of halogens is 3. The van der Waals surface area contributed by atoms with Crippen molar-refractivity contribution >= 4 is 8.32 Å². The lowest BCUT2D eigenvalue weighted by Crippen LogP contribution is -2.41. The summed E-state index contributed by atoms with van der Waals surface area (Å²) < 4.78 is 42.2. The molecule has 1 nitrogen and oxygen atoms in total. The highest BCUT2D eigenvalue weighted by molar-refractivity contribution is 6.74. The van der Waals surface area contributed by atoms with Gasteiger partial charge in [0.05, 0.1) is 0 Å². The molecule has 15 heavy (non-hydrogen) atoms. The average molecular weight is 238 g/mol. The van der Waals surface area contributed by atoms with Crippen molar-refractivity contribution in [2.45, 2.75) is 43.6 Å². The van der Waals surface area contributed by atoms with E-state index in [1.165, 1.54) is 0 Å². The molecule has 5 heteroatoms. The highest BCUT2D eigenvalue weighted by atomic mass is 28.4. The maximum atomic E-state index is 12.2. The number of alkyl halides is 3. The molecule has 0 saturated carbocycles. The molecule has 0 amide bonds. The lowest BCUT2D eigenvalue weighted by molar-refractivity contribution is -0.131. The van der Waals surface area contributed by atoms with Gasteiger partial charge in [0.15, 0.2) is 8.32 Å². The lowest BCUT2D eigenvalue weighted by Gasteiger charge is -2.34. The predicted octanol–water partition coefficient (Wildman–Crippen LogP) is 3.88. The Morgan fingerprint density at radius 2 is 2.07 bits per heavy atom. The van der Waals surface area contributed by atoms with Gasteiger partial charge in [-0.05, 0) is 24.6 Å². The van der Waals surface area contributed by atoms with Gasteiger partial charge in [-0.25, -0.2) is 0 Å². The van der Waals surface area contributed by atoms with Crippen molar-refractivity contribution in [2.24, 2.45) is 0 Å². The predicted molar refractivity (Wildman–Crippen MR) is 56.2 cm³/mol. The van der Waals surface area contributed by atoms with E-state index in [-0.39, 0.29) is 6.04 Å². The van der Waals surface area contributed by atoms with Gasteiger partial charge in [-0.3, -0.25) is 0 Å². The minimum atomic E-state index is -4.05. The molecule has 1 atom stereocenters. The Morgan fingerprint density at radius 1 is 1.33 bits per heavy atom. The van der Waals surface area contributed by atoms with Crippen molar-refractivity contribution in [1.82, 2.24) is 0 Å². The van der Waals surface area contributed by atoms with E-state index in [4.69, 9.17) is 4.43 Å². The second kappa shape index (κ2) is 5.16. The minimum absolute atomic E-state index is 0.197. The van der Waals surface area contributed by atoms with Crippen LogP contribution in [0.5, 0.6) is 0 Å². The van der Waals surface area contributed by atoms with Crippen LogP contribution >= 0.6 is 0 Å². The third-order valence-electron chi connectivity index (χ3n) is 2.82. The molecule has 1 rings (SSSR count). The molecule has 0 radical (unpaired) electrons. The average Bonchev–Trinajstić information content (AvgIpc) is 2.16. The van der Waals surface area contributed by atoms with Crippen LogP contribution in [0.15, 0.2) is 12.7 Å². The molecule has 0 aliphatic carbocycles. The molecule has 0 bridgehead atoms. The van der Waals surface area contributed by atoms with Crippen LogP contribution in [0.3, 0.4) is 0 Å². The standard InChI is InChI=1S/C10H17F3OSi/c1-2-7-15(8-4-3-6-14-15)9-5-10(11,12)13/h2H,1,3-9H2. The van der Waals surface area contributed by atoms with Gasteiger partial charge in [-0.15, -0.1) is 6.58 Å². The van der Waals surface area contributed by atoms with E-state index in [2.05, 4.69) is 6.58 Å². The third kappa shape index (κ3) is 4.38. The van der Waals surface area contributed by atoms with E-state index in [1.807, 2.05) is 0 Å². The Kier molecular flexibility index (Phi) is 4.40. The van der Waals surface area contributed by atoms with E-state index < -0.39 is 20.9 Å². The first-order valence-electron chi connectivity index (χ1n) is 5.29. The smallest absolute Gasteiger partial charge is 0.388 e. The second-order valence-corrected chi connectivity index (χ2v) is 8.16. The van der Waals surface area contributed by atoms with Crippen LogP contribution in [-0.2, 0) is 4.43 Å². The molecule has 0 spiro atoms. The number of allylic oxidation sites excluding steroid dienone is 1. The van der Waals surface area contributed by atoms with E-state index in [0.717, 1.165) is 18.9 Å². The second-order valence-electron chi connectivity index (χ2n) is 4.10. The van der Waals surface area contributed by atoms with Crippen molar-refractivity contribution in [3.05, 3.63) is 12.7 Å². The lowest BCUT2D eigenvalue weighted by atomic mass is 10.4. The first kappa shape index (κ1) is 12.8. The summed E-state index contributed by atoms with van der Waals surface area (Å²) in [5.74, 6) is 0. The normalized spacial score (nSPS) is 27.7. The quantitative estimate of drug-likeness (QED) is 0.533. The van der Waals surface area contributed by atoms with Crippen LogP contribution in [0.2, 0.25) is 18.1 Å². The molecule has 0 aromatic rings. The van der Waals surface area contributed by atoms with E-state index in [9.17, 15) is 13.2 Å². The Labute approximate surface area is 89.4 Å². The molecular formula is C10H17F3OSi. The van der Waals surface area contributed by atoms with Crippen molar-refractivity contribution in [1.29, 1.82) is 0 Å². The molecule has 88 valence electrons. The van der Waals surface area contributed by atoms with Crippen LogP contribution in [0.1, 0.15) is 19.3 Å². The fourth-order valence-electron chi connectivity index (χ4n) is 2.00. The van der Waals surface area contributed by atoms with Gasteiger partial charge in [-0.1, -0.05) is 12.5 Å². The summed E-state index contributed by atoms with van der Waals surface area (Å²) in [6, 6.07) is 1.71. The van der Waals surface area contributed by atoms with Crippen LogP contribution in [0.25, 0.3) is 0 Å². The Balaban J connectivity index is 2.52. The summed E-state index contributed by atoms with van der Waals surface area (Å²) >= 11 is 0. The van der Waals surface area contributed by atoms with Gasteiger partial charge >= 0.3 is 6.18 Å². The first-order valence-corrected chi connectivity index (χ1v) is 7.82. The fourth-order valence-corrected chi connectivity index (χ4v) is 5.80. The molecule has 1 fully saturated rings. The van der Waals surface area contributed by atoms with Crippen molar-refractivity contribution < 1.29 is 17.6 Å². The minimum Gasteiger partial charge on any atom is -0.416 e. The van der Waals surface area contributed by atoms with Gasteiger partial charge in [0, 0.05) is 13.0 Å². The van der Waals surface area contributed by atoms with Gasteiger partial charge in [0.2, 0.25) is 0 Å². The van der Waals surface area contributed by atoms with Gasteiger partial charge < -0.3 is 4.43 Å². The Hall–Kier alpha value is -0.293. The topological polar surface area (TPSA) is 9.23 Å². The third-order valence-corrected chi connectivity index (χ3v) is 7.09. The molecule has 1 heterocycles. The molecule has 1 saturated heterocycles. The summed E-state index contributed by atoms with van der Waals surface area (Å²) in [6.45, 7) is 4.25. The zero-order valence-corrected chi connectivity index (χ0v) is 9.78. The van der Waals surface area contributed by atoms with Gasteiger partial charge in [0.25, 0.3) is 0 Å². The highest BCUT2D eigenvalue weighted by Crippen LogP contribution is 2.34. The summed E-state index contributed by atoms with van der Waals surface area (Å²) in [7, 11) is -2.13. The van der Waals surface area contributed by atoms with Crippen LogP contribution in [0, 0.1) is 0 Å². The fraction of sp³-hybridized carbons (Fsp3) is 0.800. The number of hydrogen-bond acceptors (Lipinski definition) is 1. The summed E-state index contributed by atoms with van der Waals surface area (Å²) in [5, 5.41) is 0. The van der Waals surface area contributed by atoms with E-state index in [1.54, 1.807) is 6.08 Å². The monoisotopic (exact) mass is 238 g/mol. The van der Waals surface area contributed by atoms with Crippen LogP contribution < -0.4 is 0 Å². The van der Waals surface area contributed by atoms with Crippen molar-refractivity contribution in [2.75, 3.05) is 6.61 Å². The van der Waals surface area contributed by atoms with Crippen molar-refractivity contribution in [3.8, 4) is 0 Å². The van der Waals surface area contributed by atoms with Crippen LogP contribution in [0.4, 0.5) is 13.2 Å². The Morgan fingerprint density at radius 3 is 2.53 bits per heavy atom. The first-order chi connectivity index (χ1) is 6.97. The van der Waals surface area contributed by atoms with Crippen LogP contribution in [-0.4, -0.2) is 21.1 Å². The largest absolute Gasteiger partial charge is 0.416 e. The summed E-state index contributed by atoms with van der Waals surface area (Å²) in [5.41, 5.74) is 0.